The van der Waals surface area contributed by atoms with Gasteiger partial charge in [-0.15, -0.1) is 0 Å². The van der Waals surface area contributed by atoms with Gasteiger partial charge >= 0.3 is 12.0 Å². The van der Waals surface area contributed by atoms with Crippen LogP contribution in [0, 0.1) is 5.82 Å². The molecule has 1 aliphatic rings. The third-order valence-corrected chi connectivity index (χ3v) is 3.03. The first-order valence-electron chi connectivity index (χ1n) is 6.25. The van der Waals surface area contributed by atoms with Crippen LogP contribution in [-0.2, 0) is 11.3 Å². The molecule has 0 fully saturated rings. The lowest BCUT2D eigenvalue weighted by Crippen LogP contribution is -2.19. The number of esters is 1. The van der Waals surface area contributed by atoms with Gasteiger partial charge < -0.3 is 15.4 Å². The smallest absolute Gasteiger partial charge is 0.338 e. The lowest BCUT2D eigenvalue weighted by molar-refractivity contribution is 0.0535. The zero-order valence-corrected chi connectivity index (χ0v) is 10.9. The molecule has 1 aliphatic heterocycles. The molecule has 3 rings (SSSR count). The number of halogens is 1. The molecular weight excluding hydrogens is 275 g/mol. The van der Waals surface area contributed by atoms with Crippen LogP contribution in [0.25, 0.3) is 0 Å². The summed E-state index contributed by atoms with van der Waals surface area (Å²) in [5.74, 6) is -0.840. The molecule has 2 aromatic carbocycles. The van der Waals surface area contributed by atoms with Gasteiger partial charge in [-0.05, 0) is 30.3 Å². The lowest BCUT2D eigenvalue weighted by atomic mass is 10.1. The lowest BCUT2D eigenvalue weighted by Gasteiger charge is -2.08. The van der Waals surface area contributed by atoms with Gasteiger partial charge in [-0.2, -0.15) is 0 Å². The van der Waals surface area contributed by atoms with Crippen LogP contribution < -0.4 is 10.6 Å². The molecule has 0 aliphatic carbocycles. The Bertz CT molecular complexity index is 731. The summed E-state index contributed by atoms with van der Waals surface area (Å²) in [5.41, 5.74) is 2.03. The van der Waals surface area contributed by atoms with E-state index < -0.39 is 17.8 Å². The van der Waals surface area contributed by atoms with Crippen molar-refractivity contribution in [1.29, 1.82) is 0 Å². The Hall–Kier alpha value is -2.89. The summed E-state index contributed by atoms with van der Waals surface area (Å²) in [6.07, 6.45) is 0. The van der Waals surface area contributed by atoms with Crippen molar-refractivity contribution in [2.24, 2.45) is 0 Å². The number of cyclic esters (lactones) is 1. The van der Waals surface area contributed by atoms with Crippen LogP contribution >= 0.6 is 0 Å². The van der Waals surface area contributed by atoms with Crippen LogP contribution in [0.3, 0.4) is 0 Å². The summed E-state index contributed by atoms with van der Waals surface area (Å²) >= 11 is 0. The number of rotatable bonds is 2. The maximum Gasteiger partial charge on any atom is 0.338 e. The highest BCUT2D eigenvalue weighted by atomic mass is 19.1. The molecule has 0 bridgehead atoms. The second kappa shape index (κ2) is 5.24. The Morgan fingerprint density at radius 1 is 1.10 bits per heavy atom. The second-order valence-electron chi connectivity index (χ2n) is 4.54. The largest absolute Gasteiger partial charge is 0.457 e. The summed E-state index contributed by atoms with van der Waals surface area (Å²) in [6, 6.07) is 9.99. The Labute approximate surface area is 119 Å². The van der Waals surface area contributed by atoms with E-state index in [-0.39, 0.29) is 6.61 Å². The number of hydrogen-bond donors (Lipinski definition) is 2. The van der Waals surface area contributed by atoms with Crippen LogP contribution in [0.2, 0.25) is 0 Å². The quantitative estimate of drug-likeness (QED) is 0.833. The van der Waals surface area contributed by atoms with Crippen LogP contribution in [0.5, 0.6) is 0 Å². The average molecular weight is 286 g/mol. The molecule has 106 valence electrons. The number of urea groups is 1. The minimum absolute atomic E-state index is 0.254. The van der Waals surface area contributed by atoms with Crippen molar-refractivity contribution in [2.45, 2.75) is 6.61 Å². The van der Waals surface area contributed by atoms with E-state index in [2.05, 4.69) is 10.6 Å². The fourth-order valence-corrected chi connectivity index (χ4v) is 2.05. The van der Waals surface area contributed by atoms with Crippen LogP contribution in [0.4, 0.5) is 20.6 Å². The molecule has 0 radical (unpaired) electrons. The van der Waals surface area contributed by atoms with E-state index in [1.807, 2.05) is 0 Å². The molecule has 5 nitrogen and oxygen atoms in total. The highest BCUT2D eigenvalue weighted by molar-refractivity contribution is 6.01. The molecule has 6 heteroatoms. The summed E-state index contributed by atoms with van der Waals surface area (Å²) < 4.78 is 17.9. The number of ether oxygens (including phenoxy) is 1. The van der Waals surface area contributed by atoms with Crippen molar-refractivity contribution < 1.29 is 18.7 Å². The predicted octanol–water partition coefficient (Wildman–Crippen LogP) is 3.14. The van der Waals surface area contributed by atoms with Gasteiger partial charge in [-0.25, -0.2) is 14.0 Å². The average Bonchev–Trinajstić information content (AvgIpc) is 2.80. The van der Waals surface area contributed by atoms with Crippen molar-refractivity contribution in [3.05, 3.63) is 59.4 Å². The predicted molar refractivity (Wildman–Crippen MR) is 74.6 cm³/mol. The maximum absolute atomic E-state index is 13.0. The maximum atomic E-state index is 13.0. The number of benzene rings is 2. The Balaban J connectivity index is 1.71. The van der Waals surface area contributed by atoms with Crippen molar-refractivity contribution in [3.8, 4) is 0 Å². The highest BCUT2D eigenvalue weighted by Crippen LogP contribution is 2.23. The number of fused-ring (bicyclic) bond motifs is 1. The Morgan fingerprint density at radius 3 is 2.62 bits per heavy atom. The van der Waals surface area contributed by atoms with Crippen molar-refractivity contribution in [3.63, 3.8) is 0 Å². The van der Waals surface area contributed by atoms with E-state index in [0.717, 1.165) is 5.56 Å². The van der Waals surface area contributed by atoms with Crippen LogP contribution in [0.15, 0.2) is 42.5 Å². The number of carbonyl (C=O) groups excluding carboxylic acids is 2. The summed E-state index contributed by atoms with van der Waals surface area (Å²) in [5, 5.41) is 5.08. The molecule has 2 amide bonds. The van der Waals surface area contributed by atoms with Gasteiger partial charge in [0, 0.05) is 16.9 Å². The van der Waals surface area contributed by atoms with Crippen molar-refractivity contribution in [1.82, 2.24) is 0 Å². The van der Waals surface area contributed by atoms with Gasteiger partial charge in [0.2, 0.25) is 0 Å². The highest BCUT2D eigenvalue weighted by Gasteiger charge is 2.21. The first-order valence-corrected chi connectivity index (χ1v) is 6.25. The molecule has 0 spiro atoms. The monoisotopic (exact) mass is 286 g/mol. The fourth-order valence-electron chi connectivity index (χ4n) is 2.05. The molecule has 0 unspecified atom stereocenters. The fraction of sp³-hybridized carbons (Fsp3) is 0.0667. The number of anilines is 2. The number of amides is 2. The first-order chi connectivity index (χ1) is 10.1. The minimum atomic E-state index is -0.521. The molecule has 0 atom stereocenters. The zero-order valence-electron chi connectivity index (χ0n) is 10.9. The summed E-state index contributed by atoms with van der Waals surface area (Å²) in [4.78, 5) is 23.3. The number of carbonyl (C=O) groups is 2. The Morgan fingerprint density at radius 2 is 1.86 bits per heavy atom. The van der Waals surface area contributed by atoms with Gasteiger partial charge in [-0.1, -0.05) is 12.1 Å². The number of hydrogen-bond acceptors (Lipinski definition) is 3. The molecule has 1 heterocycles. The standard InChI is InChI=1S/C15H11FN2O3/c16-10-2-1-3-11(6-10)17-15(20)18-12-5-4-9-8-21-14(19)13(9)7-12/h1-7H,8H2,(H2,17,18,20). The normalized spacial score (nSPS) is 12.5. The molecule has 2 aromatic rings. The minimum Gasteiger partial charge on any atom is -0.457 e. The van der Waals surface area contributed by atoms with Gasteiger partial charge in [0.25, 0.3) is 0 Å². The molecule has 0 aromatic heterocycles. The van der Waals surface area contributed by atoms with Crippen LogP contribution in [0.1, 0.15) is 15.9 Å². The molecule has 0 saturated carbocycles. The van der Waals surface area contributed by atoms with E-state index in [0.29, 0.717) is 16.9 Å². The van der Waals surface area contributed by atoms with E-state index in [1.54, 1.807) is 24.3 Å². The van der Waals surface area contributed by atoms with E-state index in [9.17, 15) is 14.0 Å². The third-order valence-electron chi connectivity index (χ3n) is 3.03. The van der Waals surface area contributed by atoms with Gasteiger partial charge in [0.15, 0.2) is 0 Å². The first kappa shape index (κ1) is 13.1. The zero-order chi connectivity index (χ0) is 14.8. The summed E-state index contributed by atoms with van der Waals surface area (Å²) in [7, 11) is 0. The molecular formula is C15H11FN2O3. The van der Waals surface area contributed by atoms with Gasteiger partial charge in [0.1, 0.15) is 12.4 Å². The van der Waals surface area contributed by atoms with Crippen molar-refractivity contribution >= 4 is 23.4 Å². The van der Waals surface area contributed by atoms with Gasteiger partial charge in [0.05, 0.1) is 5.56 Å². The van der Waals surface area contributed by atoms with E-state index in [4.69, 9.17) is 4.74 Å². The number of nitrogens with one attached hydrogen (secondary N) is 2. The molecule has 2 N–H and O–H groups in total. The van der Waals surface area contributed by atoms with Gasteiger partial charge in [-0.3, -0.25) is 0 Å². The topological polar surface area (TPSA) is 67.4 Å². The van der Waals surface area contributed by atoms with Crippen LogP contribution in [-0.4, -0.2) is 12.0 Å². The van der Waals surface area contributed by atoms with Crippen molar-refractivity contribution in [2.75, 3.05) is 10.6 Å². The molecule has 0 saturated heterocycles. The third kappa shape index (κ3) is 2.84. The van der Waals surface area contributed by atoms with E-state index in [1.165, 1.54) is 18.2 Å². The Kier molecular flexibility index (Phi) is 3.27. The summed E-state index contributed by atoms with van der Waals surface area (Å²) in [6.45, 7) is 0.254. The SMILES string of the molecule is O=C(Nc1cccc(F)c1)Nc1ccc2c(c1)C(=O)OC2. The second-order valence-corrected chi connectivity index (χ2v) is 4.54. The molecule has 21 heavy (non-hydrogen) atoms. The van der Waals surface area contributed by atoms with E-state index >= 15 is 0 Å².